The van der Waals surface area contributed by atoms with Gasteiger partial charge in [-0.05, 0) is 30.0 Å². The minimum absolute atomic E-state index is 0.296. The zero-order chi connectivity index (χ0) is 20.2. The van der Waals surface area contributed by atoms with Crippen LogP contribution in [0.15, 0.2) is 29.3 Å². The van der Waals surface area contributed by atoms with Gasteiger partial charge < -0.3 is 20.1 Å². The van der Waals surface area contributed by atoms with Crippen LogP contribution in [0.4, 0.5) is 0 Å². The van der Waals surface area contributed by atoms with Gasteiger partial charge in [0, 0.05) is 39.3 Å². The number of benzene rings is 1. The van der Waals surface area contributed by atoms with E-state index in [1.54, 1.807) is 0 Å². The molecule has 0 bridgehead atoms. The molecule has 0 spiro atoms. The van der Waals surface area contributed by atoms with Gasteiger partial charge in [0.05, 0.1) is 13.2 Å². The van der Waals surface area contributed by atoms with Crippen LogP contribution in [0.25, 0.3) is 0 Å². The zero-order valence-corrected chi connectivity index (χ0v) is 17.4. The summed E-state index contributed by atoms with van der Waals surface area (Å²) in [5, 5.41) is 6.89. The van der Waals surface area contributed by atoms with Crippen LogP contribution in [0.2, 0.25) is 0 Å². The number of nitrogens with one attached hydrogen (secondary N) is 2. The fraction of sp³-hybridized carbons (Fsp3) is 0.591. The standard InChI is InChI=1S/C22H34N4O2/c1-5-14-28-20-8-6-19(7-9-20)10-11-24-22(23-4)25-17-21(18(2)3)26-12-15-27-16-13-26/h1,6-9,18,21H,10-17H2,2-4H3,(H2,23,24,25). The summed E-state index contributed by atoms with van der Waals surface area (Å²) in [7, 11) is 1.81. The van der Waals surface area contributed by atoms with E-state index in [4.69, 9.17) is 15.9 Å². The van der Waals surface area contributed by atoms with E-state index in [2.05, 4.69) is 52.4 Å². The van der Waals surface area contributed by atoms with E-state index in [1.165, 1.54) is 5.56 Å². The van der Waals surface area contributed by atoms with Crippen LogP contribution in [0.5, 0.6) is 5.75 Å². The number of morpholine rings is 1. The molecule has 0 radical (unpaired) electrons. The molecule has 2 N–H and O–H groups in total. The van der Waals surface area contributed by atoms with Crippen molar-refractivity contribution in [3.05, 3.63) is 29.8 Å². The van der Waals surface area contributed by atoms with E-state index in [-0.39, 0.29) is 0 Å². The number of nitrogens with zero attached hydrogens (tertiary/aromatic N) is 2. The first-order valence-electron chi connectivity index (χ1n) is 10.1. The summed E-state index contributed by atoms with van der Waals surface area (Å²) >= 11 is 0. The molecule has 1 saturated heterocycles. The molecule has 1 fully saturated rings. The summed E-state index contributed by atoms with van der Waals surface area (Å²) in [5.74, 6) is 4.68. The molecule has 1 aromatic rings. The fourth-order valence-electron chi connectivity index (χ4n) is 3.32. The Morgan fingerprint density at radius 3 is 2.57 bits per heavy atom. The third-order valence-electron chi connectivity index (χ3n) is 4.94. The summed E-state index contributed by atoms with van der Waals surface area (Å²) in [6, 6.07) is 8.51. The normalized spacial score (nSPS) is 16.5. The monoisotopic (exact) mass is 386 g/mol. The van der Waals surface area contributed by atoms with Crippen molar-refractivity contribution in [1.82, 2.24) is 15.5 Å². The Hall–Kier alpha value is -2.23. The lowest BCUT2D eigenvalue weighted by molar-refractivity contribution is 0.00752. The van der Waals surface area contributed by atoms with Gasteiger partial charge in [-0.1, -0.05) is 31.9 Å². The molecular formula is C22H34N4O2. The first-order chi connectivity index (χ1) is 13.6. The molecule has 154 valence electrons. The molecule has 1 unspecified atom stereocenters. The summed E-state index contributed by atoms with van der Waals surface area (Å²) in [6.07, 6.45) is 6.12. The molecule has 6 heteroatoms. The van der Waals surface area contributed by atoms with Gasteiger partial charge in [0.25, 0.3) is 0 Å². The van der Waals surface area contributed by atoms with Crippen molar-refractivity contribution in [2.24, 2.45) is 10.9 Å². The fourth-order valence-corrected chi connectivity index (χ4v) is 3.32. The van der Waals surface area contributed by atoms with E-state index in [0.29, 0.717) is 18.6 Å². The minimum Gasteiger partial charge on any atom is -0.481 e. The predicted molar refractivity (Wildman–Crippen MR) is 115 cm³/mol. The number of terminal acetylenes is 1. The van der Waals surface area contributed by atoms with Gasteiger partial charge in [-0.25, -0.2) is 0 Å². The first-order valence-corrected chi connectivity index (χ1v) is 10.1. The molecule has 1 aliphatic rings. The van der Waals surface area contributed by atoms with E-state index < -0.39 is 0 Å². The predicted octanol–water partition coefficient (Wildman–Crippen LogP) is 1.76. The molecular weight excluding hydrogens is 352 g/mol. The Labute approximate surface area is 169 Å². The van der Waals surface area contributed by atoms with Gasteiger partial charge in [-0.2, -0.15) is 0 Å². The largest absolute Gasteiger partial charge is 0.481 e. The van der Waals surface area contributed by atoms with Gasteiger partial charge in [0.15, 0.2) is 5.96 Å². The van der Waals surface area contributed by atoms with Gasteiger partial charge >= 0.3 is 0 Å². The van der Waals surface area contributed by atoms with E-state index >= 15 is 0 Å². The number of aliphatic imine (C=N–C) groups is 1. The number of rotatable bonds is 9. The van der Waals surface area contributed by atoms with E-state index in [1.807, 2.05) is 19.2 Å². The van der Waals surface area contributed by atoms with Gasteiger partial charge in [-0.15, -0.1) is 6.42 Å². The maximum absolute atomic E-state index is 5.48. The quantitative estimate of drug-likeness (QED) is 0.385. The van der Waals surface area contributed by atoms with E-state index in [9.17, 15) is 0 Å². The Bertz CT molecular complexity index is 631. The smallest absolute Gasteiger partial charge is 0.191 e. The molecule has 0 amide bonds. The van der Waals surface area contributed by atoms with Gasteiger partial charge in [0.2, 0.25) is 0 Å². The van der Waals surface area contributed by atoms with Gasteiger partial charge in [0.1, 0.15) is 12.4 Å². The van der Waals surface area contributed by atoms with Crippen molar-refractivity contribution in [1.29, 1.82) is 0 Å². The molecule has 1 aliphatic heterocycles. The molecule has 0 aromatic heterocycles. The highest BCUT2D eigenvalue weighted by molar-refractivity contribution is 5.79. The highest BCUT2D eigenvalue weighted by Crippen LogP contribution is 2.13. The van der Waals surface area contributed by atoms with Crippen LogP contribution in [0, 0.1) is 18.3 Å². The second-order valence-electron chi connectivity index (χ2n) is 7.23. The van der Waals surface area contributed by atoms with Crippen LogP contribution >= 0.6 is 0 Å². The molecule has 1 heterocycles. The van der Waals surface area contributed by atoms with Crippen molar-refractivity contribution >= 4 is 5.96 Å². The number of hydrogen-bond donors (Lipinski definition) is 2. The van der Waals surface area contributed by atoms with Crippen LogP contribution in [-0.2, 0) is 11.2 Å². The molecule has 0 aliphatic carbocycles. The SMILES string of the molecule is C#CCOc1ccc(CCNC(=NC)NCC(C(C)C)N2CCOCC2)cc1. The lowest BCUT2D eigenvalue weighted by Crippen LogP contribution is -2.52. The third-order valence-corrected chi connectivity index (χ3v) is 4.94. The lowest BCUT2D eigenvalue weighted by Gasteiger charge is -2.37. The summed E-state index contributed by atoms with van der Waals surface area (Å²) < 4.78 is 10.9. The lowest BCUT2D eigenvalue weighted by atomic mass is 10.0. The summed E-state index contributed by atoms with van der Waals surface area (Å²) in [4.78, 5) is 6.87. The Balaban J connectivity index is 1.75. The first kappa shape index (κ1) is 22.1. The average molecular weight is 387 g/mol. The van der Waals surface area contributed by atoms with Crippen molar-refractivity contribution in [3.63, 3.8) is 0 Å². The van der Waals surface area contributed by atoms with Crippen molar-refractivity contribution in [2.75, 3.05) is 53.0 Å². The molecule has 28 heavy (non-hydrogen) atoms. The highest BCUT2D eigenvalue weighted by Gasteiger charge is 2.23. The van der Waals surface area contributed by atoms with Crippen molar-refractivity contribution in [2.45, 2.75) is 26.3 Å². The average Bonchev–Trinajstić information content (AvgIpc) is 2.72. The van der Waals surface area contributed by atoms with Crippen molar-refractivity contribution < 1.29 is 9.47 Å². The summed E-state index contributed by atoms with van der Waals surface area (Å²) in [6.45, 7) is 10.2. The van der Waals surface area contributed by atoms with Gasteiger partial charge in [-0.3, -0.25) is 9.89 Å². The Kier molecular flexibility index (Phi) is 9.67. The number of ether oxygens (including phenoxy) is 2. The zero-order valence-electron chi connectivity index (χ0n) is 17.4. The van der Waals surface area contributed by atoms with Crippen LogP contribution < -0.4 is 15.4 Å². The highest BCUT2D eigenvalue weighted by atomic mass is 16.5. The molecule has 1 aromatic carbocycles. The maximum atomic E-state index is 5.48. The van der Waals surface area contributed by atoms with Crippen LogP contribution in [0.1, 0.15) is 19.4 Å². The van der Waals surface area contributed by atoms with Crippen molar-refractivity contribution in [3.8, 4) is 18.1 Å². The minimum atomic E-state index is 0.296. The summed E-state index contributed by atoms with van der Waals surface area (Å²) in [5.41, 5.74) is 1.24. The Morgan fingerprint density at radius 2 is 1.96 bits per heavy atom. The third kappa shape index (κ3) is 7.41. The Morgan fingerprint density at radius 1 is 1.25 bits per heavy atom. The second-order valence-corrected chi connectivity index (χ2v) is 7.23. The van der Waals surface area contributed by atoms with Crippen LogP contribution in [-0.4, -0.2) is 69.9 Å². The van der Waals surface area contributed by atoms with Crippen LogP contribution in [0.3, 0.4) is 0 Å². The molecule has 2 rings (SSSR count). The molecule has 6 nitrogen and oxygen atoms in total. The second kappa shape index (κ2) is 12.3. The molecule has 0 saturated carbocycles. The maximum Gasteiger partial charge on any atom is 0.191 e. The number of hydrogen-bond acceptors (Lipinski definition) is 4. The van der Waals surface area contributed by atoms with E-state index in [0.717, 1.165) is 57.5 Å². The molecule has 1 atom stereocenters. The topological polar surface area (TPSA) is 58.1 Å². The number of guanidine groups is 1.